The minimum absolute atomic E-state index is 0.0336. The molecule has 2 aromatic carbocycles. The van der Waals surface area contributed by atoms with Crippen molar-refractivity contribution in [3.63, 3.8) is 0 Å². The van der Waals surface area contributed by atoms with Crippen LogP contribution < -0.4 is 0 Å². The molecule has 0 fully saturated rings. The van der Waals surface area contributed by atoms with Crippen molar-refractivity contribution in [2.75, 3.05) is 18.8 Å². The first-order valence-electron chi connectivity index (χ1n) is 9.69. The molecule has 0 bridgehead atoms. The third-order valence-corrected chi connectivity index (χ3v) is 5.95. The maximum atomic E-state index is 13.3. The number of carbonyl (C=O) groups is 2. The molecule has 0 saturated carbocycles. The van der Waals surface area contributed by atoms with Crippen molar-refractivity contribution in [3.8, 4) is 0 Å². The number of para-hydroxylation sites is 1. The number of carbonyl (C=O) groups excluding carboxylic acids is 2. The molecule has 2 heterocycles. The molecule has 0 saturated heterocycles. The highest BCUT2D eigenvalue weighted by Crippen LogP contribution is 2.37. The van der Waals surface area contributed by atoms with Crippen LogP contribution in [0.5, 0.6) is 0 Å². The fourth-order valence-electron chi connectivity index (χ4n) is 3.49. The van der Waals surface area contributed by atoms with Crippen LogP contribution in [-0.2, 0) is 9.59 Å². The largest absolute Gasteiger partial charge is 0.343 e. The number of aliphatic imine (C=N–C) groups is 2. The Balaban J connectivity index is 1.67. The molecule has 0 N–H and O–H groups in total. The van der Waals surface area contributed by atoms with Crippen LogP contribution >= 0.6 is 11.8 Å². The molecule has 2 amide bonds. The fraction of sp³-hybridized carbons (Fsp3) is 0.273. The average molecular weight is 407 g/mol. The van der Waals surface area contributed by atoms with Gasteiger partial charge in [0.15, 0.2) is 11.2 Å². The molecule has 6 nitrogen and oxygen atoms in total. The number of amides is 2. The predicted octanol–water partition coefficient (Wildman–Crippen LogP) is 3.62. The monoisotopic (exact) mass is 406 g/mol. The second-order valence-corrected chi connectivity index (χ2v) is 7.65. The lowest BCUT2D eigenvalue weighted by Gasteiger charge is -2.26. The second-order valence-electron chi connectivity index (χ2n) is 6.71. The number of thioether (sulfide) groups is 1. The number of fused-ring (bicyclic) bond motifs is 3. The first kappa shape index (κ1) is 19.4. The van der Waals surface area contributed by atoms with Crippen molar-refractivity contribution in [1.82, 2.24) is 9.80 Å². The van der Waals surface area contributed by atoms with Gasteiger partial charge in [-0.15, -0.1) is 0 Å². The summed E-state index contributed by atoms with van der Waals surface area (Å²) in [6.45, 7) is 5.24. The smallest absolute Gasteiger partial charge is 0.263 e. The molecule has 0 radical (unpaired) electrons. The molecule has 148 valence electrons. The zero-order chi connectivity index (χ0) is 20.4. The Hall–Kier alpha value is -2.93. The Bertz CT molecular complexity index is 999. The van der Waals surface area contributed by atoms with Gasteiger partial charge in [0.25, 0.3) is 5.91 Å². The zero-order valence-electron chi connectivity index (χ0n) is 16.4. The van der Waals surface area contributed by atoms with Gasteiger partial charge < -0.3 is 4.90 Å². The number of benzene rings is 2. The molecule has 29 heavy (non-hydrogen) atoms. The van der Waals surface area contributed by atoms with Crippen LogP contribution in [0.1, 0.15) is 31.0 Å². The van der Waals surface area contributed by atoms with Crippen molar-refractivity contribution in [1.29, 1.82) is 0 Å². The lowest BCUT2D eigenvalue weighted by Crippen LogP contribution is -2.40. The van der Waals surface area contributed by atoms with E-state index in [-0.39, 0.29) is 17.6 Å². The third-order valence-electron chi connectivity index (χ3n) is 5.03. The van der Waals surface area contributed by atoms with E-state index in [0.717, 1.165) is 16.8 Å². The van der Waals surface area contributed by atoms with Crippen molar-refractivity contribution < 1.29 is 9.59 Å². The van der Waals surface area contributed by atoms with Gasteiger partial charge in [-0.2, -0.15) is 0 Å². The quantitative estimate of drug-likeness (QED) is 0.762. The highest BCUT2D eigenvalue weighted by atomic mass is 32.2. The summed E-state index contributed by atoms with van der Waals surface area (Å²) in [5.74, 6) is 0.733. The Morgan fingerprint density at radius 1 is 1.07 bits per heavy atom. The van der Waals surface area contributed by atoms with Gasteiger partial charge in [-0.05, 0) is 31.5 Å². The molecular formula is C22H22N4O2S. The molecule has 1 unspecified atom stereocenters. The van der Waals surface area contributed by atoms with Crippen LogP contribution in [0.25, 0.3) is 0 Å². The van der Waals surface area contributed by atoms with E-state index in [0.29, 0.717) is 24.1 Å². The van der Waals surface area contributed by atoms with Gasteiger partial charge in [-0.1, -0.05) is 54.2 Å². The van der Waals surface area contributed by atoms with Gasteiger partial charge in [0.1, 0.15) is 5.84 Å². The van der Waals surface area contributed by atoms with E-state index < -0.39 is 6.04 Å². The molecule has 0 aliphatic carbocycles. The van der Waals surface area contributed by atoms with Gasteiger partial charge >= 0.3 is 0 Å². The molecule has 2 aliphatic heterocycles. The van der Waals surface area contributed by atoms with Crippen LogP contribution in [0.4, 0.5) is 5.69 Å². The summed E-state index contributed by atoms with van der Waals surface area (Å²) in [5.41, 5.74) is 2.45. The molecule has 2 aromatic rings. The summed E-state index contributed by atoms with van der Waals surface area (Å²) in [5, 5.41) is 0.506. The number of amidine groups is 2. The minimum Gasteiger partial charge on any atom is -0.343 e. The summed E-state index contributed by atoms with van der Waals surface area (Å²) in [6.07, 6.45) is 0. The summed E-state index contributed by atoms with van der Waals surface area (Å²) in [7, 11) is 0. The molecule has 1 atom stereocenters. The Morgan fingerprint density at radius 3 is 2.48 bits per heavy atom. The Kier molecular flexibility index (Phi) is 5.49. The highest BCUT2D eigenvalue weighted by molar-refractivity contribution is 8.14. The summed E-state index contributed by atoms with van der Waals surface area (Å²) >= 11 is 1.29. The van der Waals surface area contributed by atoms with Crippen molar-refractivity contribution in [3.05, 3.63) is 65.7 Å². The molecular weight excluding hydrogens is 384 g/mol. The molecule has 0 aromatic heterocycles. The zero-order valence-corrected chi connectivity index (χ0v) is 17.2. The van der Waals surface area contributed by atoms with Crippen LogP contribution in [0.15, 0.2) is 64.6 Å². The van der Waals surface area contributed by atoms with E-state index in [1.165, 1.54) is 11.8 Å². The predicted molar refractivity (Wildman–Crippen MR) is 116 cm³/mol. The van der Waals surface area contributed by atoms with Gasteiger partial charge in [-0.3, -0.25) is 9.59 Å². The van der Waals surface area contributed by atoms with Crippen molar-refractivity contribution in [2.45, 2.75) is 19.9 Å². The molecule has 7 heteroatoms. The minimum atomic E-state index is -0.596. The average Bonchev–Trinajstić information content (AvgIpc) is 3.11. The SMILES string of the molecule is CCN(CC)C(=O)CSC1=Nc2ccccc2C2=NC(c3ccccc3)C(=O)N12. The first-order chi connectivity index (χ1) is 14.1. The van der Waals surface area contributed by atoms with Crippen LogP contribution in [0.2, 0.25) is 0 Å². The van der Waals surface area contributed by atoms with E-state index in [9.17, 15) is 9.59 Å². The van der Waals surface area contributed by atoms with E-state index in [1.54, 1.807) is 9.80 Å². The topological polar surface area (TPSA) is 65.3 Å². The van der Waals surface area contributed by atoms with E-state index in [2.05, 4.69) is 4.99 Å². The van der Waals surface area contributed by atoms with Crippen LogP contribution in [-0.4, -0.2) is 51.5 Å². The van der Waals surface area contributed by atoms with Gasteiger partial charge in [0.05, 0.1) is 11.4 Å². The highest BCUT2D eigenvalue weighted by Gasteiger charge is 2.42. The molecule has 4 rings (SSSR count). The summed E-state index contributed by atoms with van der Waals surface area (Å²) < 4.78 is 0. The Labute approximate surface area is 174 Å². The number of nitrogens with zero attached hydrogens (tertiary/aromatic N) is 4. The maximum Gasteiger partial charge on any atom is 0.263 e. The summed E-state index contributed by atoms with van der Waals surface area (Å²) in [6, 6.07) is 16.6. The number of hydrogen-bond donors (Lipinski definition) is 0. The standard InChI is InChI=1S/C22H22N4O2S/c1-3-25(4-2)18(27)14-29-22-23-17-13-9-8-12-16(17)20-24-19(21(28)26(20)22)15-10-6-5-7-11-15/h5-13,19H,3-4,14H2,1-2H3. The maximum absolute atomic E-state index is 13.3. The number of hydrogen-bond acceptors (Lipinski definition) is 5. The van der Waals surface area contributed by atoms with E-state index in [4.69, 9.17) is 4.99 Å². The first-order valence-corrected chi connectivity index (χ1v) is 10.7. The molecule has 0 spiro atoms. The van der Waals surface area contributed by atoms with Gasteiger partial charge in [0.2, 0.25) is 5.91 Å². The second kappa shape index (κ2) is 8.21. The van der Waals surface area contributed by atoms with Gasteiger partial charge in [-0.25, -0.2) is 14.9 Å². The van der Waals surface area contributed by atoms with Gasteiger partial charge in [0, 0.05) is 18.7 Å². The van der Waals surface area contributed by atoms with Crippen molar-refractivity contribution >= 4 is 40.3 Å². The summed E-state index contributed by atoms with van der Waals surface area (Å²) in [4.78, 5) is 38.5. The van der Waals surface area contributed by atoms with Crippen LogP contribution in [0.3, 0.4) is 0 Å². The lowest BCUT2D eigenvalue weighted by atomic mass is 10.1. The fourth-order valence-corrected chi connectivity index (χ4v) is 4.40. The van der Waals surface area contributed by atoms with Crippen molar-refractivity contribution in [2.24, 2.45) is 9.98 Å². The van der Waals surface area contributed by atoms with E-state index >= 15 is 0 Å². The third kappa shape index (κ3) is 3.58. The molecule has 2 aliphatic rings. The Morgan fingerprint density at radius 2 is 1.76 bits per heavy atom. The van der Waals surface area contributed by atoms with E-state index in [1.807, 2.05) is 68.4 Å². The lowest BCUT2D eigenvalue weighted by molar-refractivity contribution is -0.128. The van der Waals surface area contributed by atoms with Crippen LogP contribution in [0, 0.1) is 0 Å². The normalized spacial score (nSPS) is 17.4. The number of rotatable bonds is 5.